The van der Waals surface area contributed by atoms with Gasteiger partial charge in [-0.2, -0.15) is 5.10 Å². The van der Waals surface area contributed by atoms with Gasteiger partial charge in [-0.3, -0.25) is 4.79 Å². The summed E-state index contributed by atoms with van der Waals surface area (Å²) in [6.07, 6.45) is 1.64. The van der Waals surface area contributed by atoms with Gasteiger partial charge in [0.1, 0.15) is 11.5 Å². The molecule has 0 atom stereocenters. The Morgan fingerprint density at radius 2 is 1.96 bits per heavy atom. The minimum absolute atomic E-state index is 0.353. The minimum Gasteiger partial charge on any atom is -0.497 e. The first-order chi connectivity index (χ1) is 12.1. The van der Waals surface area contributed by atoms with Crippen LogP contribution in [0.1, 0.15) is 21.6 Å². The van der Waals surface area contributed by atoms with Crippen molar-refractivity contribution in [2.75, 3.05) is 14.2 Å². The molecule has 0 aliphatic carbocycles. The van der Waals surface area contributed by atoms with Gasteiger partial charge in [-0.15, -0.1) is 0 Å². The molecule has 0 bridgehead atoms. The number of nitrogens with zero attached hydrogens (tertiary/aromatic N) is 1. The van der Waals surface area contributed by atoms with Crippen LogP contribution in [0.15, 0.2) is 47.6 Å². The third-order valence-corrected chi connectivity index (χ3v) is 3.96. The van der Waals surface area contributed by atoms with Crippen LogP contribution in [0.5, 0.6) is 11.5 Å². The molecule has 3 aromatic rings. The van der Waals surface area contributed by atoms with Crippen LogP contribution in [0.2, 0.25) is 0 Å². The lowest BCUT2D eigenvalue weighted by Crippen LogP contribution is -2.18. The lowest BCUT2D eigenvalue weighted by Gasteiger charge is -2.08. The van der Waals surface area contributed by atoms with E-state index in [-0.39, 0.29) is 5.91 Å². The maximum absolute atomic E-state index is 12.3. The summed E-state index contributed by atoms with van der Waals surface area (Å²) >= 11 is 0. The van der Waals surface area contributed by atoms with Crippen LogP contribution >= 0.6 is 0 Å². The Labute approximate surface area is 145 Å². The number of fused-ring (bicyclic) bond motifs is 1. The van der Waals surface area contributed by atoms with Crippen LogP contribution in [-0.2, 0) is 0 Å². The highest BCUT2D eigenvalue weighted by Gasteiger charge is 2.13. The van der Waals surface area contributed by atoms with Crippen molar-refractivity contribution in [3.8, 4) is 11.5 Å². The average Bonchev–Trinajstić information content (AvgIpc) is 2.96. The van der Waals surface area contributed by atoms with Gasteiger partial charge < -0.3 is 14.5 Å². The van der Waals surface area contributed by atoms with Gasteiger partial charge in [0, 0.05) is 28.2 Å². The van der Waals surface area contributed by atoms with Crippen molar-refractivity contribution in [1.29, 1.82) is 0 Å². The highest BCUT2D eigenvalue weighted by molar-refractivity contribution is 6.02. The average molecular weight is 337 g/mol. The van der Waals surface area contributed by atoms with Crippen LogP contribution in [0.3, 0.4) is 0 Å². The number of amides is 1. The van der Waals surface area contributed by atoms with Crippen molar-refractivity contribution in [2.45, 2.75) is 6.92 Å². The molecule has 0 fully saturated rings. The number of carbonyl (C=O) groups is 1. The molecule has 2 N–H and O–H groups in total. The predicted molar refractivity (Wildman–Crippen MR) is 97.6 cm³/mol. The van der Waals surface area contributed by atoms with E-state index in [0.717, 1.165) is 22.2 Å². The van der Waals surface area contributed by atoms with Crippen molar-refractivity contribution in [3.05, 3.63) is 59.3 Å². The van der Waals surface area contributed by atoms with Crippen LogP contribution < -0.4 is 14.9 Å². The molecule has 2 aromatic carbocycles. The molecule has 0 saturated heterocycles. The maximum Gasteiger partial charge on any atom is 0.275 e. The molecular formula is C19H19N3O3. The molecule has 0 aliphatic rings. The maximum atomic E-state index is 12.3. The number of ether oxygens (including phenoxy) is 2. The first-order valence-electron chi connectivity index (χ1n) is 7.76. The number of carbonyl (C=O) groups excluding carboxylic acids is 1. The Morgan fingerprint density at radius 1 is 1.16 bits per heavy atom. The molecule has 1 amide bonds. The number of methoxy groups -OCH3 is 2. The number of nitrogens with one attached hydrogen (secondary N) is 2. The zero-order valence-corrected chi connectivity index (χ0v) is 14.3. The Balaban J connectivity index is 1.80. The number of aryl methyl sites for hydroxylation is 1. The van der Waals surface area contributed by atoms with Crippen molar-refractivity contribution < 1.29 is 14.3 Å². The number of aromatic amines is 1. The van der Waals surface area contributed by atoms with E-state index in [1.54, 1.807) is 31.5 Å². The van der Waals surface area contributed by atoms with E-state index in [9.17, 15) is 4.79 Å². The van der Waals surface area contributed by atoms with Gasteiger partial charge in [-0.25, -0.2) is 5.43 Å². The summed E-state index contributed by atoms with van der Waals surface area (Å²) in [5.41, 5.74) is 5.88. The number of rotatable bonds is 5. The molecule has 0 saturated carbocycles. The quantitative estimate of drug-likeness (QED) is 0.554. The summed E-state index contributed by atoms with van der Waals surface area (Å²) in [6, 6.07) is 12.9. The predicted octanol–water partition coefficient (Wildman–Crippen LogP) is 3.26. The molecule has 6 nitrogen and oxygen atoms in total. The van der Waals surface area contributed by atoms with Crippen molar-refractivity contribution >= 4 is 23.0 Å². The Kier molecular flexibility index (Phi) is 4.70. The molecule has 0 radical (unpaired) electrons. The Morgan fingerprint density at radius 3 is 2.72 bits per heavy atom. The molecule has 3 rings (SSSR count). The molecule has 6 heteroatoms. The lowest BCUT2D eigenvalue weighted by atomic mass is 10.1. The van der Waals surface area contributed by atoms with Crippen LogP contribution in [-0.4, -0.2) is 31.3 Å². The number of para-hydroxylation sites is 1. The largest absolute Gasteiger partial charge is 0.497 e. The summed E-state index contributed by atoms with van der Waals surface area (Å²) in [5.74, 6) is 0.690. The number of hydrogen-bond acceptors (Lipinski definition) is 4. The zero-order valence-electron chi connectivity index (χ0n) is 14.3. The van der Waals surface area contributed by atoms with E-state index >= 15 is 0 Å². The number of benzene rings is 2. The Hall–Kier alpha value is -3.28. The van der Waals surface area contributed by atoms with E-state index in [1.807, 2.05) is 31.2 Å². The molecule has 25 heavy (non-hydrogen) atoms. The number of hydrazone groups is 1. The topological polar surface area (TPSA) is 75.7 Å². The zero-order chi connectivity index (χ0) is 17.8. The third-order valence-electron chi connectivity index (χ3n) is 3.96. The number of H-pyrrole nitrogens is 1. The Bertz CT molecular complexity index is 944. The van der Waals surface area contributed by atoms with Gasteiger partial charge in [0.2, 0.25) is 0 Å². The molecule has 1 aromatic heterocycles. The van der Waals surface area contributed by atoms with E-state index in [4.69, 9.17) is 9.47 Å². The molecule has 128 valence electrons. The van der Waals surface area contributed by atoms with E-state index in [1.165, 1.54) is 7.11 Å². The standard InChI is InChI=1S/C19H19N3O3/c1-12-16(14-6-4-5-7-17(14)21-12)11-20-22-19(23)15-9-8-13(24-2)10-18(15)25-3/h4-11,21H,1-3H3,(H,22,23)/b20-11+. The van der Waals surface area contributed by atoms with Crippen LogP contribution in [0.25, 0.3) is 10.9 Å². The smallest absolute Gasteiger partial charge is 0.275 e. The number of hydrogen-bond donors (Lipinski definition) is 2. The van der Waals surface area contributed by atoms with Crippen LogP contribution in [0.4, 0.5) is 0 Å². The molecular weight excluding hydrogens is 318 g/mol. The molecule has 0 spiro atoms. The fourth-order valence-electron chi connectivity index (χ4n) is 2.67. The van der Waals surface area contributed by atoms with E-state index in [0.29, 0.717) is 17.1 Å². The lowest BCUT2D eigenvalue weighted by molar-refractivity contribution is 0.0952. The van der Waals surface area contributed by atoms with Gasteiger partial charge in [-0.1, -0.05) is 18.2 Å². The summed E-state index contributed by atoms with van der Waals surface area (Å²) in [7, 11) is 3.06. The summed E-state index contributed by atoms with van der Waals surface area (Å²) in [4.78, 5) is 15.6. The van der Waals surface area contributed by atoms with Gasteiger partial charge in [-0.05, 0) is 25.1 Å². The van der Waals surface area contributed by atoms with Crippen molar-refractivity contribution in [3.63, 3.8) is 0 Å². The normalized spacial score (nSPS) is 11.0. The monoisotopic (exact) mass is 337 g/mol. The SMILES string of the molecule is COc1ccc(C(=O)N/N=C/c2c(C)[nH]c3ccccc23)c(OC)c1. The second kappa shape index (κ2) is 7.09. The first-order valence-corrected chi connectivity index (χ1v) is 7.76. The van der Waals surface area contributed by atoms with Gasteiger partial charge in [0.25, 0.3) is 5.91 Å². The van der Waals surface area contributed by atoms with Gasteiger partial charge in [0.05, 0.1) is 26.0 Å². The molecule has 0 unspecified atom stereocenters. The van der Waals surface area contributed by atoms with Gasteiger partial charge in [0.15, 0.2) is 0 Å². The molecule has 0 aliphatic heterocycles. The summed E-state index contributed by atoms with van der Waals surface area (Å²) in [6.45, 7) is 1.97. The minimum atomic E-state index is -0.353. The fraction of sp³-hybridized carbons (Fsp3) is 0.158. The molecule has 1 heterocycles. The highest BCUT2D eigenvalue weighted by atomic mass is 16.5. The van der Waals surface area contributed by atoms with Crippen molar-refractivity contribution in [2.24, 2.45) is 5.10 Å². The fourth-order valence-corrected chi connectivity index (χ4v) is 2.67. The first kappa shape index (κ1) is 16.6. The summed E-state index contributed by atoms with van der Waals surface area (Å²) in [5, 5.41) is 5.14. The van der Waals surface area contributed by atoms with Crippen LogP contribution in [0, 0.1) is 6.92 Å². The highest BCUT2D eigenvalue weighted by Crippen LogP contribution is 2.24. The number of aromatic nitrogens is 1. The second-order valence-corrected chi connectivity index (χ2v) is 5.47. The van der Waals surface area contributed by atoms with E-state index in [2.05, 4.69) is 15.5 Å². The van der Waals surface area contributed by atoms with Gasteiger partial charge >= 0.3 is 0 Å². The van der Waals surface area contributed by atoms with Crippen molar-refractivity contribution in [1.82, 2.24) is 10.4 Å². The third kappa shape index (κ3) is 3.33. The summed E-state index contributed by atoms with van der Waals surface area (Å²) < 4.78 is 10.4. The van der Waals surface area contributed by atoms with E-state index < -0.39 is 0 Å². The second-order valence-electron chi connectivity index (χ2n) is 5.47.